The van der Waals surface area contributed by atoms with Crippen molar-refractivity contribution < 1.29 is 18.0 Å². The predicted molar refractivity (Wildman–Crippen MR) is 108 cm³/mol. The molecule has 0 bridgehead atoms. The Bertz CT molecular complexity index is 1120. The van der Waals surface area contributed by atoms with Gasteiger partial charge in [0.2, 0.25) is 5.91 Å². The van der Waals surface area contributed by atoms with Gasteiger partial charge in [0.05, 0.1) is 34.9 Å². The molecule has 0 aliphatic carbocycles. The topological polar surface area (TPSA) is 89.4 Å². The second-order valence-electron chi connectivity index (χ2n) is 8.43. The lowest BCUT2D eigenvalue weighted by atomic mass is 9.93. The first-order chi connectivity index (χ1) is 14.5. The molecule has 0 radical (unpaired) electrons. The number of pyridine rings is 1. The van der Waals surface area contributed by atoms with Crippen LogP contribution in [-0.4, -0.2) is 48.8 Å². The Labute approximate surface area is 177 Å². The van der Waals surface area contributed by atoms with Gasteiger partial charge in [0.1, 0.15) is 11.3 Å². The van der Waals surface area contributed by atoms with Crippen molar-refractivity contribution in [2.75, 3.05) is 13.1 Å². The van der Waals surface area contributed by atoms with Gasteiger partial charge in [-0.05, 0) is 38.8 Å². The van der Waals surface area contributed by atoms with Crippen LogP contribution in [0.3, 0.4) is 0 Å². The molecular weight excluding hydrogens is 409 g/mol. The highest BCUT2D eigenvalue weighted by Crippen LogP contribution is 2.31. The zero-order valence-corrected chi connectivity index (χ0v) is 17.2. The van der Waals surface area contributed by atoms with Gasteiger partial charge in [-0.1, -0.05) is 0 Å². The van der Waals surface area contributed by atoms with Crippen LogP contribution in [0.25, 0.3) is 17.0 Å². The summed E-state index contributed by atoms with van der Waals surface area (Å²) < 4.78 is 40.8. The molecule has 1 saturated heterocycles. The van der Waals surface area contributed by atoms with Crippen molar-refractivity contribution in [1.82, 2.24) is 24.3 Å². The second kappa shape index (κ2) is 7.60. The molecule has 0 unspecified atom stereocenters. The van der Waals surface area contributed by atoms with Gasteiger partial charge in [-0.2, -0.15) is 13.2 Å². The quantitative estimate of drug-likeness (QED) is 0.686. The van der Waals surface area contributed by atoms with Crippen molar-refractivity contribution in [2.24, 2.45) is 5.73 Å². The average Bonchev–Trinajstić information content (AvgIpc) is 3.15. The first kappa shape index (κ1) is 21.2. The minimum Gasteiger partial charge on any atom is -0.340 e. The summed E-state index contributed by atoms with van der Waals surface area (Å²) in [7, 11) is 0. The fourth-order valence-electron chi connectivity index (χ4n) is 3.85. The first-order valence-electron chi connectivity index (χ1n) is 9.99. The van der Waals surface area contributed by atoms with Crippen LogP contribution in [0.4, 0.5) is 13.2 Å². The second-order valence-corrected chi connectivity index (χ2v) is 8.43. The van der Waals surface area contributed by atoms with Crippen molar-refractivity contribution in [3.8, 4) is 11.4 Å². The number of amides is 1. The van der Waals surface area contributed by atoms with Crippen LogP contribution >= 0.6 is 0 Å². The number of hydrogen-bond acceptors (Lipinski definition) is 5. The van der Waals surface area contributed by atoms with E-state index in [0.717, 1.165) is 25.1 Å². The van der Waals surface area contributed by atoms with E-state index in [4.69, 9.17) is 5.73 Å². The normalized spacial score (nSPS) is 17.9. The number of nitrogens with two attached hydrogens (primary N) is 1. The molecule has 3 aromatic rings. The molecule has 1 fully saturated rings. The zero-order valence-electron chi connectivity index (χ0n) is 17.2. The molecule has 1 atom stereocenters. The third-order valence-electron chi connectivity index (χ3n) is 5.43. The van der Waals surface area contributed by atoms with Gasteiger partial charge in [-0.3, -0.25) is 14.2 Å². The molecule has 0 spiro atoms. The van der Waals surface area contributed by atoms with Gasteiger partial charge in [0.25, 0.3) is 0 Å². The number of imidazole rings is 1. The van der Waals surface area contributed by atoms with Gasteiger partial charge < -0.3 is 10.6 Å². The van der Waals surface area contributed by atoms with Crippen molar-refractivity contribution in [3.63, 3.8) is 0 Å². The molecule has 3 aromatic heterocycles. The monoisotopic (exact) mass is 432 g/mol. The standard InChI is InChI=1S/C21H23F3N6O/c1-20(2,25)19(31)29-7-3-4-13(11-29)15-8-26-9-16(28-15)17-10-27-18-6-5-14(12-30(17)18)21(22,23)24/h5-6,8-10,12-13H,3-4,7,11,25H2,1-2H3/t13-/m1/s1. The van der Waals surface area contributed by atoms with Crippen molar-refractivity contribution in [3.05, 3.63) is 48.2 Å². The minimum atomic E-state index is -4.46. The lowest BCUT2D eigenvalue weighted by molar-refractivity contribution is -0.138. The fourth-order valence-corrected chi connectivity index (χ4v) is 3.85. The zero-order chi connectivity index (χ0) is 22.4. The van der Waals surface area contributed by atoms with Gasteiger partial charge in [-0.15, -0.1) is 0 Å². The number of carbonyl (C=O) groups excluding carboxylic acids is 1. The summed E-state index contributed by atoms with van der Waals surface area (Å²) in [5.41, 5.74) is 6.16. The SMILES string of the molecule is CC(C)(N)C(=O)N1CCC[C@@H](c2cncc(-c3cnc4ccc(C(F)(F)F)cn34)n2)C1. The van der Waals surface area contributed by atoms with Gasteiger partial charge >= 0.3 is 6.18 Å². The molecule has 164 valence electrons. The summed E-state index contributed by atoms with van der Waals surface area (Å²) in [4.78, 5) is 27.4. The number of carbonyl (C=O) groups is 1. The van der Waals surface area contributed by atoms with E-state index in [2.05, 4.69) is 15.0 Å². The summed E-state index contributed by atoms with van der Waals surface area (Å²) in [6.45, 7) is 4.47. The minimum absolute atomic E-state index is 0.0302. The smallest absolute Gasteiger partial charge is 0.340 e. The highest BCUT2D eigenvalue weighted by atomic mass is 19.4. The van der Waals surface area contributed by atoms with Crippen molar-refractivity contribution in [1.29, 1.82) is 0 Å². The third-order valence-corrected chi connectivity index (χ3v) is 5.43. The van der Waals surface area contributed by atoms with Crippen LogP contribution in [0.5, 0.6) is 0 Å². The molecule has 2 N–H and O–H groups in total. The molecule has 1 aliphatic rings. The Morgan fingerprint density at radius 2 is 1.97 bits per heavy atom. The van der Waals surface area contributed by atoms with E-state index in [0.29, 0.717) is 35.8 Å². The number of nitrogens with zero attached hydrogens (tertiary/aromatic N) is 5. The summed E-state index contributed by atoms with van der Waals surface area (Å²) in [5, 5.41) is 0. The molecule has 7 nitrogen and oxygen atoms in total. The van der Waals surface area contributed by atoms with Crippen LogP contribution in [0.15, 0.2) is 36.9 Å². The number of fused-ring (bicyclic) bond motifs is 1. The molecular formula is C21H23F3N6O. The van der Waals surface area contributed by atoms with E-state index >= 15 is 0 Å². The lowest BCUT2D eigenvalue weighted by Gasteiger charge is -2.36. The van der Waals surface area contributed by atoms with Crippen LogP contribution < -0.4 is 5.73 Å². The van der Waals surface area contributed by atoms with E-state index in [1.54, 1.807) is 24.9 Å². The average molecular weight is 432 g/mol. The number of hydrogen-bond donors (Lipinski definition) is 1. The highest BCUT2D eigenvalue weighted by Gasteiger charge is 2.33. The van der Waals surface area contributed by atoms with Crippen LogP contribution in [-0.2, 0) is 11.0 Å². The largest absolute Gasteiger partial charge is 0.417 e. The maximum atomic E-state index is 13.1. The van der Waals surface area contributed by atoms with Gasteiger partial charge in [-0.25, -0.2) is 9.97 Å². The Balaban J connectivity index is 1.65. The highest BCUT2D eigenvalue weighted by molar-refractivity contribution is 5.85. The van der Waals surface area contributed by atoms with E-state index in [9.17, 15) is 18.0 Å². The summed E-state index contributed by atoms with van der Waals surface area (Å²) >= 11 is 0. The van der Waals surface area contributed by atoms with Crippen LogP contribution in [0.2, 0.25) is 0 Å². The maximum Gasteiger partial charge on any atom is 0.417 e. The molecule has 31 heavy (non-hydrogen) atoms. The number of alkyl halides is 3. The van der Waals surface area contributed by atoms with Gasteiger partial charge in [0.15, 0.2) is 0 Å². The molecule has 4 rings (SSSR count). The Kier molecular flexibility index (Phi) is 5.20. The summed E-state index contributed by atoms with van der Waals surface area (Å²) in [5.74, 6) is -0.153. The van der Waals surface area contributed by atoms with Crippen LogP contribution in [0, 0.1) is 0 Å². The Hall–Kier alpha value is -3.01. The first-order valence-corrected chi connectivity index (χ1v) is 9.99. The lowest BCUT2D eigenvalue weighted by Crippen LogP contribution is -2.53. The predicted octanol–water partition coefficient (Wildman–Crippen LogP) is 3.25. The summed E-state index contributed by atoms with van der Waals surface area (Å²) in [6, 6.07) is 2.32. The summed E-state index contributed by atoms with van der Waals surface area (Å²) in [6.07, 6.45) is 2.81. The molecule has 1 amide bonds. The van der Waals surface area contributed by atoms with Crippen molar-refractivity contribution in [2.45, 2.75) is 44.3 Å². The molecule has 0 saturated carbocycles. The third kappa shape index (κ3) is 4.25. The van der Waals surface area contributed by atoms with E-state index < -0.39 is 17.3 Å². The molecule has 10 heteroatoms. The molecule has 0 aromatic carbocycles. The van der Waals surface area contributed by atoms with Crippen LogP contribution in [0.1, 0.15) is 43.9 Å². The maximum absolute atomic E-state index is 13.1. The Morgan fingerprint density at radius 1 is 1.19 bits per heavy atom. The van der Waals surface area contributed by atoms with E-state index in [1.807, 2.05) is 0 Å². The fraction of sp³-hybridized carbons (Fsp3) is 0.429. The molecule has 4 heterocycles. The number of rotatable bonds is 3. The van der Waals surface area contributed by atoms with E-state index in [-0.39, 0.29) is 11.8 Å². The number of aromatic nitrogens is 4. The number of likely N-dealkylation sites (tertiary alicyclic amines) is 1. The Morgan fingerprint density at radius 3 is 2.68 bits per heavy atom. The van der Waals surface area contributed by atoms with Gasteiger partial charge in [0, 0.05) is 31.4 Å². The number of piperidine rings is 1. The van der Waals surface area contributed by atoms with Crippen molar-refractivity contribution >= 4 is 11.6 Å². The molecule has 1 aliphatic heterocycles. The van der Waals surface area contributed by atoms with E-state index in [1.165, 1.54) is 22.9 Å². The number of halogens is 3.